The molecule has 0 heterocycles. The topological polar surface area (TPSA) is 49.8 Å². The Morgan fingerprint density at radius 2 is 2.09 bits per heavy atom. The molecule has 0 atom stereocenters. The smallest absolute Gasteiger partial charge is 0.246 e. The fraction of sp³-hybridized carbons (Fsp3) is 0.500. The number of hydrogen-bond acceptors (Lipinski definition) is 3. The van der Waals surface area contributed by atoms with Gasteiger partial charge in [-0.15, -0.1) is 0 Å². The zero-order valence-electron chi connectivity index (χ0n) is 13.8. The minimum Gasteiger partial charge on any atom is -0.504 e. The highest BCUT2D eigenvalue weighted by Crippen LogP contribution is 2.26. The molecular formula is C18H27NO3. The van der Waals surface area contributed by atoms with Crippen molar-refractivity contribution in [2.24, 2.45) is 0 Å². The van der Waals surface area contributed by atoms with Gasteiger partial charge in [0.2, 0.25) is 5.91 Å². The Kier molecular flexibility index (Phi) is 8.11. The number of likely N-dealkylation sites (N-methyl/N-ethyl adjacent to an activating group) is 1. The average molecular weight is 305 g/mol. The Bertz CT molecular complexity index is 497. The summed E-state index contributed by atoms with van der Waals surface area (Å²) in [5, 5.41) is 9.57. The second kappa shape index (κ2) is 9.87. The standard InChI is InChI=1S/C18H27NO3/c1-4-5-6-7-8-9-10-18(21)19(2)14-15-11-12-16(20)17(13-15)22-3/h9-13,20H,4-8,14H2,1-3H3. The lowest BCUT2D eigenvalue weighted by Crippen LogP contribution is -2.24. The van der Waals surface area contributed by atoms with E-state index in [2.05, 4.69) is 6.92 Å². The molecular weight excluding hydrogens is 278 g/mol. The molecule has 0 saturated heterocycles. The first kappa shape index (κ1) is 18.1. The third-order valence-electron chi connectivity index (χ3n) is 3.52. The first-order valence-electron chi connectivity index (χ1n) is 7.86. The molecule has 1 rings (SSSR count). The molecule has 1 aromatic rings. The predicted octanol–water partition coefficient (Wildman–Crippen LogP) is 3.89. The zero-order chi connectivity index (χ0) is 16.4. The highest BCUT2D eigenvalue weighted by atomic mass is 16.5. The Morgan fingerprint density at radius 1 is 1.32 bits per heavy atom. The molecule has 0 aliphatic rings. The van der Waals surface area contributed by atoms with Gasteiger partial charge < -0.3 is 14.7 Å². The van der Waals surface area contributed by atoms with E-state index in [0.29, 0.717) is 12.3 Å². The summed E-state index contributed by atoms with van der Waals surface area (Å²) in [7, 11) is 3.28. The van der Waals surface area contributed by atoms with Crippen LogP contribution in [0.3, 0.4) is 0 Å². The maximum absolute atomic E-state index is 12.0. The van der Waals surface area contributed by atoms with Gasteiger partial charge in [0.15, 0.2) is 11.5 Å². The summed E-state index contributed by atoms with van der Waals surface area (Å²) in [5.41, 5.74) is 0.918. The second-order valence-electron chi connectivity index (χ2n) is 5.45. The van der Waals surface area contributed by atoms with Crippen LogP contribution in [-0.2, 0) is 11.3 Å². The van der Waals surface area contributed by atoms with Crippen LogP contribution in [0.25, 0.3) is 0 Å². The minimum atomic E-state index is -0.0115. The maximum Gasteiger partial charge on any atom is 0.246 e. The molecule has 0 aromatic heterocycles. The SMILES string of the molecule is CCCCCCC=CC(=O)N(C)Cc1ccc(O)c(OC)c1. The van der Waals surface area contributed by atoms with E-state index in [9.17, 15) is 9.90 Å². The molecule has 0 saturated carbocycles. The van der Waals surface area contributed by atoms with E-state index in [1.165, 1.54) is 26.4 Å². The number of phenolic OH excluding ortho intramolecular Hbond substituents is 1. The van der Waals surface area contributed by atoms with Crippen LogP contribution in [0.1, 0.15) is 44.6 Å². The first-order valence-corrected chi connectivity index (χ1v) is 7.86. The van der Waals surface area contributed by atoms with Gasteiger partial charge in [-0.2, -0.15) is 0 Å². The Morgan fingerprint density at radius 3 is 2.77 bits per heavy atom. The number of ether oxygens (including phenoxy) is 1. The van der Waals surface area contributed by atoms with Gasteiger partial charge in [0.05, 0.1) is 7.11 Å². The Labute approximate surface area is 133 Å². The van der Waals surface area contributed by atoms with Crippen LogP contribution in [-0.4, -0.2) is 30.1 Å². The van der Waals surface area contributed by atoms with Crippen molar-refractivity contribution >= 4 is 5.91 Å². The van der Waals surface area contributed by atoms with E-state index in [1.54, 1.807) is 36.2 Å². The maximum atomic E-state index is 12.0. The van der Waals surface area contributed by atoms with E-state index in [-0.39, 0.29) is 11.7 Å². The number of nitrogens with zero attached hydrogens (tertiary/aromatic N) is 1. The molecule has 4 heteroatoms. The fourth-order valence-electron chi connectivity index (χ4n) is 2.17. The number of methoxy groups -OCH3 is 1. The van der Waals surface area contributed by atoms with Gasteiger partial charge in [-0.3, -0.25) is 4.79 Å². The van der Waals surface area contributed by atoms with Crippen LogP contribution < -0.4 is 4.74 Å². The van der Waals surface area contributed by atoms with Crippen molar-refractivity contribution in [3.8, 4) is 11.5 Å². The van der Waals surface area contributed by atoms with Crippen LogP contribution >= 0.6 is 0 Å². The molecule has 1 aromatic carbocycles. The highest BCUT2D eigenvalue weighted by molar-refractivity contribution is 5.87. The van der Waals surface area contributed by atoms with Crippen LogP contribution in [0.15, 0.2) is 30.4 Å². The summed E-state index contributed by atoms with van der Waals surface area (Å²) in [5.74, 6) is 0.513. The number of hydrogen-bond donors (Lipinski definition) is 1. The number of allylic oxidation sites excluding steroid dienone is 1. The molecule has 1 amide bonds. The van der Waals surface area contributed by atoms with Gasteiger partial charge >= 0.3 is 0 Å². The summed E-state index contributed by atoms with van der Waals surface area (Å²) in [4.78, 5) is 13.7. The first-order chi connectivity index (χ1) is 10.6. The average Bonchev–Trinajstić information content (AvgIpc) is 2.52. The molecule has 0 aliphatic carbocycles. The zero-order valence-corrected chi connectivity index (χ0v) is 13.8. The third-order valence-corrected chi connectivity index (χ3v) is 3.52. The van der Waals surface area contributed by atoms with Crippen molar-refractivity contribution in [1.29, 1.82) is 0 Å². The van der Waals surface area contributed by atoms with Crippen LogP contribution in [0.4, 0.5) is 0 Å². The lowest BCUT2D eigenvalue weighted by molar-refractivity contribution is -0.125. The lowest BCUT2D eigenvalue weighted by Gasteiger charge is -2.16. The minimum absolute atomic E-state index is 0.0115. The quantitative estimate of drug-likeness (QED) is 0.556. The molecule has 22 heavy (non-hydrogen) atoms. The van der Waals surface area contributed by atoms with E-state index in [0.717, 1.165) is 18.4 Å². The van der Waals surface area contributed by atoms with Crippen LogP contribution in [0, 0.1) is 0 Å². The van der Waals surface area contributed by atoms with E-state index in [4.69, 9.17) is 4.74 Å². The predicted molar refractivity (Wildman–Crippen MR) is 89.0 cm³/mol. The van der Waals surface area contributed by atoms with Crippen molar-refractivity contribution < 1.29 is 14.6 Å². The van der Waals surface area contributed by atoms with Crippen molar-refractivity contribution in [3.63, 3.8) is 0 Å². The fourth-order valence-corrected chi connectivity index (χ4v) is 2.17. The van der Waals surface area contributed by atoms with Gasteiger partial charge in [0.25, 0.3) is 0 Å². The van der Waals surface area contributed by atoms with Crippen molar-refractivity contribution in [2.75, 3.05) is 14.2 Å². The highest BCUT2D eigenvalue weighted by Gasteiger charge is 2.08. The number of aromatic hydroxyl groups is 1. The third kappa shape index (κ3) is 6.20. The molecule has 0 radical (unpaired) electrons. The van der Waals surface area contributed by atoms with Crippen molar-refractivity contribution in [3.05, 3.63) is 35.9 Å². The van der Waals surface area contributed by atoms with E-state index >= 15 is 0 Å². The summed E-state index contributed by atoms with van der Waals surface area (Å²) < 4.78 is 5.07. The molecule has 0 unspecified atom stereocenters. The number of amides is 1. The second-order valence-corrected chi connectivity index (χ2v) is 5.45. The molecule has 0 spiro atoms. The monoisotopic (exact) mass is 305 g/mol. The summed E-state index contributed by atoms with van der Waals surface area (Å²) >= 11 is 0. The molecule has 122 valence electrons. The molecule has 0 aliphatic heterocycles. The van der Waals surface area contributed by atoms with Gasteiger partial charge in [0, 0.05) is 13.6 Å². The number of phenols is 1. The number of rotatable bonds is 9. The largest absolute Gasteiger partial charge is 0.504 e. The molecule has 4 nitrogen and oxygen atoms in total. The molecule has 1 N–H and O–H groups in total. The molecule has 0 bridgehead atoms. The number of carbonyl (C=O) groups is 1. The van der Waals surface area contributed by atoms with E-state index in [1.807, 2.05) is 6.08 Å². The van der Waals surface area contributed by atoms with Gasteiger partial charge in [-0.25, -0.2) is 0 Å². The van der Waals surface area contributed by atoms with Crippen LogP contribution in [0.5, 0.6) is 11.5 Å². The van der Waals surface area contributed by atoms with Gasteiger partial charge in [-0.05, 0) is 36.6 Å². The van der Waals surface area contributed by atoms with Crippen molar-refractivity contribution in [1.82, 2.24) is 4.90 Å². The van der Waals surface area contributed by atoms with Gasteiger partial charge in [-0.1, -0.05) is 38.3 Å². The van der Waals surface area contributed by atoms with Crippen LogP contribution in [0.2, 0.25) is 0 Å². The molecule has 0 fully saturated rings. The normalized spacial score (nSPS) is 10.9. The van der Waals surface area contributed by atoms with Crippen molar-refractivity contribution in [2.45, 2.75) is 45.6 Å². The number of benzene rings is 1. The summed E-state index contributed by atoms with van der Waals surface area (Å²) in [6, 6.07) is 5.11. The lowest BCUT2D eigenvalue weighted by atomic mass is 10.1. The van der Waals surface area contributed by atoms with Gasteiger partial charge in [0.1, 0.15) is 0 Å². The summed E-state index contributed by atoms with van der Waals surface area (Å²) in [6.07, 6.45) is 9.38. The Hall–Kier alpha value is -1.97. The van der Waals surface area contributed by atoms with E-state index < -0.39 is 0 Å². The number of unbranched alkanes of at least 4 members (excludes halogenated alkanes) is 4. The Balaban J connectivity index is 2.45. The summed E-state index contributed by atoms with van der Waals surface area (Å²) in [6.45, 7) is 2.67. The number of carbonyl (C=O) groups excluding carboxylic acids is 1.